The SMILES string of the molecule is Cc1ccc2occ(CNC(C)C(=O)O)c(=O)c2c1. The Balaban J connectivity index is 2.32. The molecule has 100 valence electrons. The highest BCUT2D eigenvalue weighted by Gasteiger charge is 2.12. The first-order valence-corrected chi connectivity index (χ1v) is 5.96. The molecule has 0 fully saturated rings. The van der Waals surface area contributed by atoms with Gasteiger partial charge < -0.3 is 14.8 Å². The summed E-state index contributed by atoms with van der Waals surface area (Å²) in [6.07, 6.45) is 1.38. The van der Waals surface area contributed by atoms with E-state index in [0.29, 0.717) is 16.5 Å². The van der Waals surface area contributed by atoms with Gasteiger partial charge in [-0.2, -0.15) is 0 Å². The number of rotatable bonds is 4. The van der Waals surface area contributed by atoms with E-state index in [9.17, 15) is 9.59 Å². The topological polar surface area (TPSA) is 79.5 Å². The van der Waals surface area contributed by atoms with Gasteiger partial charge >= 0.3 is 5.97 Å². The van der Waals surface area contributed by atoms with E-state index in [2.05, 4.69) is 5.32 Å². The molecule has 1 aromatic heterocycles. The number of carboxylic acid groups (broad SMARTS) is 1. The maximum absolute atomic E-state index is 12.2. The van der Waals surface area contributed by atoms with Gasteiger partial charge in [0.15, 0.2) is 5.43 Å². The van der Waals surface area contributed by atoms with Crippen molar-refractivity contribution in [2.75, 3.05) is 0 Å². The van der Waals surface area contributed by atoms with Crippen molar-refractivity contribution in [3.8, 4) is 0 Å². The van der Waals surface area contributed by atoms with Crippen LogP contribution < -0.4 is 10.7 Å². The molecule has 0 aliphatic carbocycles. The molecule has 0 radical (unpaired) electrons. The monoisotopic (exact) mass is 261 g/mol. The lowest BCUT2D eigenvalue weighted by Crippen LogP contribution is -2.34. The number of hydrogen-bond acceptors (Lipinski definition) is 4. The van der Waals surface area contributed by atoms with Gasteiger partial charge in [-0.15, -0.1) is 0 Å². The first-order valence-electron chi connectivity index (χ1n) is 5.96. The normalized spacial score (nSPS) is 12.5. The Bertz CT molecular complexity index is 675. The van der Waals surface area contributed by atoms with Crippen LogP contribution in [-0.2, 0) is 11.3 Å². The van der Waals surface area contributed by atoms with Gasteiger partial charge in [-0.05, 0) is 26.0 Å². The molecule has 1 atom stereocenters. The van der Waals surface area contributed by atoms with Crippen LogP contribution in [0.15, 0.2) is 33.7 Å². The number of aryl methyl sites for hydroxylation is 1. The second-order valence-electron chi connectivity index (χ2n) is 4.53. The third-order valence-electron chi connectivity index (χ3n) is 2.97. The van der Waals surface area contributed by atoms with E-state index in [1.54, 1.807) is 12.1 Å². The van der Waals surface area contributed by atoms with Crippen molar-refractivity contribution in [2.24, 2.45) is 0 Å². The fraction of sp³-hybridized carbons (Fsp3) is 0.286. The Labute approximate surface area is 109 Å². The fourth-order valence-corrected chi connectivity index (χ4v) is 1.76. The zero-order valence-electron chi connectivity index (χ0n) is 10.8. The summed E-state index contributed by atoms with van der Waals surface area (Å²) in [6, 6.07) is 4.68. The molecule has 5 nitrogen and oxygen atoms in total. The average Bonchev–Trinajstić information content (AvgIpc) is 2.38. The van der Waals surface area contributed by atoms with E-state index in [1.807, 2.05) is 13.0 Å². The largest absolute Gasteiger partial charge is 0.480 e. The Morgan fingerprint density at radius 3 is 2.89 bits per heavy atom. The number of fused-ring (bicyclic) bond motifs is 1. The highest BCUT2D eigenvalue weighted by atomic mass is 16.4. The van der Waals surface area contributed by atoms with Crippen LogP contribution in [0, 0.1) is 6.92 Å². The van der Waals surface area contributed by atoms with Crippen molar-refractivity contribution in [2.45, 2.75) is 26.4 Å². The minimum atomic E-state index is -0.957. The zero-order chi connectivity index (χ0) is 14.0. The van der Waals surface area contributed by atoms with Gasteiger partial charge in [-0.25, -0.2) is 0 Å². The zero-order valence-corrected chi connectivity index (χ0v) is 10.8. The molecule has 2 rings (SSSR count). The van der Waals surface area contributed by atoms with Crippen molar-refractivity contribution >= 4 is 16.9 Å². The van der Waals surface area contributed by atoms with Crippen LogP contribution in [0.25, 0.3) is 11.0 Å². The minimum absolute atomic E-state index is 0.130. The molecular formula is C14H15NO4. The second kappa shape index (κ2) is 5.24. The highest BCUT2D eigenvalue weighted by molar-refractivity contribution is 5.77. The summed E-state index contributed by atoms with van der Waals surface area (Å²) in [4.78, 5) is 22.9. The predicted octanol–water partition coefficient (Wildman–Crippen LogP) is 1.66. The van der Waals surface area contributed by atoms with Gasteiger partial charge in [0.2, 0.25) is 0 Å². The summed E-state index contributed by atoms with van der Waals surface area (Å²) in [7, 11) is 0. The predicted molar refractivity (Wildman–Crippen MR) is 71.2 cm³/mol. The van der Waals surface area contributed by atoms with E-state index >= 15 is 0 Å². The molecule has 0 aliphatic heterocycles. The quantitative estimate of drug-likeness (QED) is 0.875. The third kappa shape index (κ3) is 2.82. The molecule has 0 spiro atoms. The van der Waals surface area contributed by atoms with Gasteiger partial charge in [0, 0.05) is 12.1 Å². The standard InChI is InChI=1S/C14H15NO4/c1-8-3-4-12-11(5-8)13(16)10(7-19-12)6-15-9(2)14(17)18/h3-5,7,9,15H,6H2,1-2H3,(H,17,18). The van der Waals surface area contributed by atoms with Crippen molar-refractivity contribution in [1.82, 2.24) is 5.32 Å². The summed E-state index contributed by atoms with van der Waals surface area (Å²) in [5.41, 5.74) is 1.80. The molecule has 0 amide bonds. The molecule has 0 saturated carbocycles. The molecule has 1 heterocycles. The maximum atomic E-state index is 12.2. The first-order chi connectivity index (χ1) is 8.99. The molecule has 19 heavy (non-hydrogen) atoms. The fourth-order valence-electron chi connectivity index (χ4n) is 1.76. The van der Waals surface area contributed by atoms with Crippen LogP contribution in [0.2, 0.25) is 0 Å². The number of carbonyl (C=O) groups is 1. The van der Waals surface area contributed by atoms with E-state index in [4.69, 9.17) is 9.52 Å². The molecule has 5 heteroatoms. The first kappa shape index (κ1) is 13.3. The molecule has 1 unspecified atom stereocenters. The Kier molecular flexibility index (Phi) is 3.66. The van der Waals surface area contributed by atoms with Crippen molar-refractivity contribution in [3.63, 3.8) is 0 Å². The lowest BCUT2D eigenvalue weighted by atomic mass is 10.1. The lowest BCUT2D eigenvalue weighted by molar-refractivity contribution is -0.139. The Morgan fingerprint density at radius 2 is 2.21 bits per heavy atom. The van der Waals surface area contributed by atoms with Crippen LogP contribution in [0.5, 0.6) is 0 Å². The number of nitrogens with one attached hydrogen (secondary N) is 1. The number of benzene rings is 1. The highest BCUT2D eigenvalue weighted by Crippen LogP contribution is 2.13. The number of carboxylic acids is 1. The molecular weight excluding hydrogens is 246 g/mol. The Morgan fingerprint density at radius 1 is 1.47 bits per heavy atom. The van der Waals surface area contributed by atoms with Gasteiger partial charge in [-0.1, -0.05) is 11.6 Å². The third-order valence-corrected chi connectivity index (χ3v) is 2.97. The summed E-state index contributed by atoms with van der Waals surface area (Å²) >= 11 is 0. The molecule has 0 aliphatic rings. The van der Waals surface area contributed by atoms with Crippen LogP contribution in [0.1, 0.15) is 18.1 Å². The van der Waals surface area contributed by atoms with Crippen LogP contribution in [0.4, 0.5) is 0 Å². The van der Waals surface area contributed by atoms with E-state index in [-0.39, 0.29) is 12.0 Å². The number of aliphatic carboxylic acids is 1. The van der Waals surface area contributed by atoms with Crippen LogP contribution in [-0.4, -0.2) is 17.1 Å². The second-order valence-corrected chi connectivity index (χ2v) is 4.53. The van der Waals surface area contributed by atoms with Gasteiger partial charge in [0.05, 0.1) is 11.6 Å². The summed E-state index contributed by atoms with van der Waals surface area (Å²) in [5.74, 6) is -0.957. The summed E-state index contributed by atoms with van der Waals surface area (Å²) < 4.78 is 5.38. The van der Waals surface area contributed by atoms with Gasteiger partial charge in [-0.3, -0.25) is 9.59 Å². The van der Waals surface area contributed by atoms with Gasteiger partial charge in [0.1, 0.15) is 11.6 Å². The van der Waals surface area contributed by atoms with E-state index in [0.717, 1.165) is 5.56 Å². The molecule has 2 N–H and O–H groups in total. The van der Waals surface area contributed by atoms with Crippen LogP contribution in [0.3, 0.4) is 0 Å². The lowest BCUT2D eigenvalue weighted by Gasteiger charge is -2.08. The average molecular weight is 261 g/mol. The summed E-state index contributed by atoms with van der Waals surface area (Å²) in [5, 5.41) is 12.0. The summed E-state index contributed by atoms with van der Waals surface area (Å²) in [6.45, 7) is 3.59. The van der Waals surface area contributed by atoms with E-state index in [1.165, 1.54) is 13.2 Å². The van der Waals surface area contributed by atoms with Gasteiger partial charge in [0.25, 0.3) is 0 Å². The Hall–Kier alpha value is -2.14. The smallest absolute Gasteiger partial charge is 0.320 e. The molecule has 0 saturated heterocycles. The molecule has 2 aromatic rings. The van der Waals surface area contributed by atoms with Crippen LogP contribution >= 0.6 is 0 Å². The van der Waals surface area contributed by atoms with E-state index < -0.39 is 12.0 Å². The van der Waals surface area contributed by atoms with Crippen molar-refractivity contribution in [3.05, 3.63) is 45.8 Å². The van der Waals surface area contributed by atoms with Crippen molar-refractivity contribution in [1.29, 1.82) is 0 Å². The molecule has 1 aromatic carbocycles. The van der Waals surface area contributed by atoms with Crippen molar-refractivity contribution < 1.29 is 14.3 Å². The molecule has 0 bridgehead atoms. The minimum Gasteiger partial charge on any atom is -0.480 e. The maximum Gasteiger partial charge on any atom is 0.320 e. The number of hydrogen-bond donors (Lipinski definition) is 2.